The monoisotopic (exact) mass is 211 g/mol. The molecule has 0 saturated heterocycles. The van der Waals surface area contributed by atoms with Gasteiger partial charge < -0.3 is 0 Å². The van der Waals surface area contributed by atoms with E-state index in [1.807, 2.05) is 0 Å². The van der Waals surface area contributed by atoms with E-state index in [-0.39, 0.29) is 0 Å². The second-order valence-corrected chi connectivity index (χ2v) is 4.36. The second-order valence-electron chi connectivity index (χ2n) is 4.36. The molecule has 3 aromatic rings. The average Bonchev–Trinajstić information content (AvgIpc) is 2.65. The van der Waals surface area contributed by atoms with Crippen molar-refractivity contribution >= 4 is 16.6 Å². The number of aromatic nitrogens is 3. The molecular formula is C13H13N3. The maximum atomic E-state index is 4.11. The van der Waals surface area contributed by atoms with Crippen molar-refractivity contribution in [3.8, 4) is 0 Å². The van der Waals surface area contributed by atoms with Crippen LogP contribution in [0.4, 0.5) is 0 Å². The molecule has 0 aliphatic carbocycles. The lowest BCUT2D eigenvalue weighted by Crippen LogP contribution is -1.93. The van der Waals surface area contributed by atoms with E-state index in [1.54, 1.807) is 6.33 Å². The predicted molar refractivity (Wildman–Crippen MR) is 64.7 cm³/mol. The molecule has 0 bridgehead atoms. The molecule has 0 amide bonds. The Morgan fingerprint density at radius 2 is 1.81 bits per heavy atom. The van der Waals surface area contributed by atoms with E-state index in [2.05, 4.69) is 53.6 Å². The quantitative estimate of drug-likeness (QED) is 0.572. The minimum Gasteiger partial charge on any atom is -0.281 e. The van der Waals surface area contributed by atoms with E-state index >= 15 is 0 Å². The smallest absolute Gasteiger partial charge is 0.161 e. The molecule has 16 heavy (non-hydrogen) atoms. The third kappa shape index (κ3) is 1.14. The molecule has 0 N–H and O–H groups in total. The van der Waals surface area contributed by atoms with E-state index in [9.17, 15) is 0 Å². The van der Waals surface area contributed by atoms with Crippen molar-refractivity contribution in [1.82, 2.24) is 14.6 Å². The Morgan fingerprint density at radius 1 is 1.00 bits per heavy atom. The van der Waals surface area contributed by atoms with Crippen LogP contribution < -0.4 is 0 Å². The van der Waals surface area contributed by atoms with Crippen molar-refractivity contribution in [1.29, 1.82) is 0 Å². The zero-order valence-corrected chi connectivity index (χ0v) is 9.65. The molecule has 0 radical (unpaired) electrons. The predicted octanol–water partition coefficient (Wildman–Crippen LogP) is 2.81. The summed E-state index contributed by atoms with van der Waals surface area (Å²) in [7, 11) is 0. The van der Waals surface area contributed by atoms with Crippen LogP contribution in [0.2, 0.25) is 0 Å². The highest BCUT2D eigenvalue weighted by Gasteiger charge is 2.07. The number of hydrogen-bond donors (Lipinski definition) is 0. The van der Waals surface area contributed by atoms with Crippen molar-refractivity contribution in [3.63, 3.8) is 0 Å². The molecule has 0 atom stereocenters. The molecule has 3 rings (SSSR count). The Hall–Kier alpha value is -1.90. The van der Waals surface area contributed by atoms with Gasteiger partial charge in [0.25, 0.3) is 0 Å². The van der Waals surface area contributed by atoms with E-state index in [4.69, 9.17) is 0 Å². The van der Waals surface area contributed by atoms with Gasteiger partial charge in [-0.2, -0.15) is 0 Å². The number of rotatable bonds is 0. The first-order chi connectivity index (χ1) is 7.66. The molecule has 80 valence electrons. The molecule has 3 heteroatoms. The maximum Gasteiger partial charge on any atom is 0.161 e. The summed E-state index contributed by atoms with van der Waals surface area (Å²) >= 11 is 0. The summed E-state index contributed by atoms with van der Waals surface area (Å²) in [6.07, 6.45) is 1.78. The zero-order chi connectivity index (χ0) is 11.3. The van der Waals surface area contributed by atoms with Crippen molar-refractivity contribution in [2.45, 2.75) is 20.8 Å². The molecule has 3 nitrogen and oxygen atoms in total. The van der Waals surface area contributed by atoms with Gasteiger partial charge in [0.1, 0.15) is 6.33 Å². The molecule has 0 unspecified atom stereocenters. The second kappa shape index (κ2) is 3.04. The highest BCUT2D eigenvalue weighted by atomic mass is 15.2. The molecule has 0 saturated carbocycles. The molecule has 1 aromatic carbocycles. The van der Waals surface area contributed by atoms with E-state index < -0.39 is 0 Å². The van der Waals surface area contributed by atoms with Crippen LogP contribution in [0.1, 0.15) is 16.7 Å². The minimum absolute atomic E-state index is 0.914. The first-order valence-electron chi connectivity index (χ1n) is 5.37. The van der Waals surface area contributed by atoms with Crippen LogP contribution in [-0.2, 0) is 0 Å². The van der Waals surface area contributed by atoms with Gasteiger partial charge in [0.05, 0.1) is 5.52 Å². The van der Waals surface area contributed by atoms with Crippen molar-refractivity contribution in [3.05, 3.63) is 41.2 Å². The third-order valence-corrected chi connectivity index (χ3v) is 3.03. The highest BCUT2D eigenvalue weighted by molar-refractivity contribution is 5.88. The van der Waals surface area contributed by atoms with Crippen LogP contribution in [-0.4, -0.2) is 14.6 Å². The van der Waals surface area contributed by atoms with Gasteiger partial charge in [0.2, 0.25) is 0 Å². The molecule has 2 heterocycles. The number of nitrogens with zero attached hydrogens (tertiary/aromatic N) is 3. The van der Waals surface area contributed by atoms with Gasteiger partial charge in [-0.05, 0) is 44.0 Å². The summed E-state index contributed by atoms with van der Waals surface area (Å²) in [4.78, 5) is 0. The number of hydrogen-bond acceptors (Lipinski definition) is 2. The molecule has 0 aliphatic rings. The SMILES string of the molecule is Cc1cc(C)c2c(c1)c(C)cc1nncn12. The van der Waals surface area contributed by atoms with Crippen LogP contribution in [0, 0.1) is 20.8 Å². The van der Waals surface area contributed by atoms with Gasteiger partial charge >= 0.3 is 0 Å². The van der Waals surface area contributed by atoms with Crippen LogP contribution in [0.25, 0.3) is 16.6 Å². The van der Waals surface area contributed by atoms with Crippen molar-refractivity contribution in [2.75, 3.05) is 0 Å². The summed E-state index contributed by atoms with van der Waals surface area (Å²) in [5, 5.41) is 9.36. The Bertz CT molecular complexity index is 695. The topological polar surface area (TPSA) is 30.2 Å². The van der Waals surface area contributed by atoms with Crippen LogP contribution >= 0.6 is 0 Å². The lowest BCUT2D eigenvalue weighted by molar-refractivity contribution is 1.11. The van der Waals surface area contributed by atoms with E-state index in [0.29, 0.717) is 0 Å². The van der Waals surface area contributed by atoms with Gasteiger partial charge in [0.15, 0.2) is 5.65 Å². The molecular weight excluding hydrogens is 198 g/mol. The van der Waals surface area contributed by atoms with Crippen molar-refractivity contribution < 1.29 is 0 Å². The fourth-order valence-electron chi connectivity index (χ4n) is 2.37. The Labute approximate surface area is 93.7 Å². The van der Waals surface area contributed by atoms with Crippen LogP contribution in [0.5, 0.6) is 0 Å². The number of aryl methyl sites for hydroxylation is 3. The largest absolute Gasteiger partial charge is 0.281 e. The molecule has 0 aliphatic heterocycles. The van der Waals surface area contributed by atoms with Gasteiger partial charge in [-0.1, -0.05) is 11.6 Å². The van der Waals surface area contributed by atoms with E-state index in [1.165, 1.54) is 27.6 Å². The summed E-state index contributed by atoms with van der Waals surface area (Å²) in [5.41, 5.74) is 5.94. The van der Waals surface area contributed by atoms with Crippen LogP contribution in [0.3, 0.4) is 0 Å². The van der Waals surface area contributed by atoms with Crippen molar-refractivity contribution in [2.24, 2.45) is 0 Å². The molecule has 0 spiro atoms. The Balaban J connectivity index is 2.66. The number of fused-ring (bicyclic) bond motifs is 3. The van der Waals surface area contributed by atoms with E-state index in [0.717, 1.165) is 5.65 Å². The van der Waals surface area contributed by atoms with Crippen LogP contribution in [0.15, 0.2) is 24.5 Å². The number of pyridine rings is 1. The van der Waals surface area contributed by atoms with Gasteiger partial charge in [-0.25, -0.2) is 0 Å². The zero-order valence-electron chi connectivity index (χ0n) is 9.65. The summed E-state index contributed by atoms with van der Waals surface area (Å²) in [6.45, 7) is 6.38. The van der Waals surface area contributed by atoms with Gasteiger partial charge in [0, 0.05) is 5.39 Å². The minimum atomic E-state index is 0.914. The van der Waals surface area contributed by atoms with Gasteiger partial charge in [-0.15, -0.1) is 10.2 Å². The molecule has 2 aromatic heterocycles. The standard InChI is InChI=1S/C13H13N3/c1-8-4-10(3)13-11(5-8)9(2)6-12-15-14-7-16(12)13/h4-7H,1-3H3. The van der Waals surface area contributed by atoms with Gasteiger partial charge in [-0.3, -0.25) is 4.40 Å². The Kier molecular flexibility index (Phi) is 1.78. The summed E-state index contributed by atoms with van der Waals surface area (Å²) in [5.74, 6) is 0. The fourth-order valence-corrected chi connectivity index (χ4v) is 2.37. The fraction of sp³-hybridized carbons (Fsp3) is 0.231. The first kappa shape index (κ1) is 9.33. The molecule has 0 fully saturated rings. The normalized spacial score (nSPS) is 11.4. The maximum absolute atomic E-state index is 4.11. The summed E-state index contributed by atoms with van der Waals surface area (Å²) in [6, 6.07) is 6.49. The summed E-state index contributed by atoms with van der Waals surface area (Å²) < 4.78 is 2.05. The Morgan fingerprint density at radius 3 is 2.62 bits per heavy atom. The third-order valence-electron chi connectivity index (χ3n) is 3.03. The lowest BCUT2D eigenvalue weighted by Gasteiger charge is -2.09. The number of benzene rings is 1. The lowest BCUT2D eigenvalue weighted by atomic mass is 10.0. The highest BCUT2D eigenvalue weighted by Crippen LogP contribution is 2.24. The first-order valence-corrected chi connectivity index (χ1v) is 5.37. The average molecular weight is 211 g/mol.